The summed E-state index contributed by atoms with van der Waals surface area (Å²) < 4.78 is 5.85. The molecule has 1 aliphatic rings. The van der Waals surface area contributed by atoms with Gasteiger partial charge in [-0.05, 0) is 48.7 Å². The first kappa shape index (κ1) is 19.0. The molecule has 1 saturated carbocycles. The number of aromatic nitrogens is 2. The predicted octanol–water partition coefficient (Wildman–Crippen LogP) is 4.87. The highest BCUT2D eigenvalue weighted by molar-refractivity contribution is 7.21. The number of carbonyl (C=O) groups excluding carboxylic acids is 1. The number of hydrogen-bond acceptors (Lipinski definition) is 7. The van der Waals surface area contributed by atoms with Crippen molar-refractivity contribution in [1.82, 2.24) is 9.97 Å². The van der Waals surface area contributed by atoms with Crippen LogP contribution in [0.5, 0.6) is 11.6 Å². The van der Waals surface area contributed by atoms with E-state index in [0.29, 0.717) is 32.8 Å². The summed E-state index contributed by atoms with van der Waals surface area (Å²) in [5.41, 5.74) is 8.02. The maximum atomic E-state index is 12.8. The molecule has 2 heterocycles. The van der Waals surface area contributed by atoms with Crippen LogP contribution in [0.25, 0.3) is 10.3 Å². The molecule has 0 bridgehead atoms. The first-order chi connectivity index (χ1) is 15.0. The van der Waals surface area contributed by atoms with E-state index in [9.17, 15) is 10.1 Å². The zero-order chi connectivity index (χ0) is 21.4. The van der Waals surface area contributed by atoms with Gasteiger partial charge in [0.05, 0.1) is 11.5 Å². The summed E-state index contributed by atoms with van der Waals surface area (Å²) >= 11 is 1.29. The lowest BCUT2D eigenvalue weighted by Gasteiger charge is -2.10. The maximum absolute atomic E-state index is 12.8. The summed E-state index contributed by atoms with van der Waals surface area (Å²) in [6.45, 7) is 0. The minimum Gasteiger partial charge on any atom is -0.439 e. The van der Waals surface area contributed by atoms with E-state index in [1.165, 1.54) is 11.3 Å². The van der Waals surface area contributed by atoms with Crippen LogP contribution in [-0.2, 0) is 5.41 Å². The SMILES string of the molecule is N#CC1(c2cccc(C(=O)Nc3cccc(Oc4ccc5nc(N)sc5n4)c3)c2)CC1. The van der Waals surface area contributed by atoms with E-state index in [0.717, 1.165) is 23.9 Å². The fourth-order valence-electron chi connectivity index (χ4n) is 3.38. The summed E-state index contributed by atoms with van der Waals surface area (Å²) in [5, 5.41) is 12.7. The summed E-state index contributed by atoms with van der Waals surface area (Å²) in [4.78, 5) is 22.1. The molecule has 1 aliphatic carbocycles. The molecule has 31 heavy (non-hydrogen) atoms. The molecule has 4 aromatic rings. The van der Waals surface area contributed by atoms with Crippen LogP contribution in [0.15, 0.2) is 60.7 Å². The highest BCUT2D eigenvalue weighted by atomic mass is 32.1. The Bertz CT molecular complexity index is 1350. The summed E-state index contributed by atoms with van der Waals surface area (Å²) in [7, 11) is 0. The van der Waals surface area contributed by atoms with Gasteiger partial charge in [0.2, 0.25) is 5.88 Å². The topological polar surface area (TPSA) is 114 Å². The second-order valence-electron chi connectivity index (χ2n) is 7.38. The van der Waals surface area contributed by atoms with Crippen molar-refractivity contribution in [3.8, 4) is 17.7 Å². The molecule has 7 nitrogen and oxygen atoms in total. The Labute approximate surface area is 182 Å². The molecule has 0 spiro atoms. The van der Waals surface area contributed by atoms with E-state index in [1.807, 2.05) is 12.1 Å². The number of ether oxygens (including phenoxy) is 1. The Balaban J connectivity index is 1.32. The molecule has 2 aromatic heterocycles. The molecule has 3 N–H and O–H groups in total. The number of nitrogens with zero attached hydrogens (tertiary/aromatic N) is 3. The van der Waals surface area contributed by atoms with Gasteiger partial charge in [-0.1, -0.05) is 29.5 Å². The lowest BCUT2D eigenvalue weighted by Crippen LogP contribution is -2.13. The lowest BCUT2D eigenvalue weighted by atomic mass is 9.96. The zero-order valence-electron chi connectivity index (χ0n) is 16.3. The maximum Gasteiger partial charge on any atom is 0.255 e. The van der Waals surface area contributed by atoms with Crippen molar-refractivity contribution in [3.63, 3.8) is 0 Å². The lowest BCUT2D eigenvalue weighted by molar-refractivity contribution is 0.102. The quantitative estimate of drug-likeness (QED) is 0.469. The fourth-order valence-corrected chi connectivity index (χ4v) is 4.08. The minimum atomic E-state index is -0.430. The van der Waals surface area contributed by atoms with Gasteiger partial charge < -0.3 is 15.8 Å². The highest BCUT2D eigenvalue weighted by Gasteiger charge is 2.45. The molecule has 5 rings (SSSR count). The minimum absolute atomic E-state index is 0.243. The fraction of sp³-hybridized carbons (Fsp3) is 0.130. The van der Waals surface area contributed by atoms with E-state index in [-0.39, 0.29) is 5.91 Å². The summed E-state index contributed by atoms with van der Waals surface area (Å²) in [5.74, 6) is 0.711. The highest BCUT2D eigenvalue weighted by Crippen LogP contribution is 2.47. The smallest absolute Gasteiger partial charge is 0.255 e. The van der Waals surface area contributed by atoms with Crippen LogP contribution < -0.4 is 15.8 Å². The van der Waals surface area contributed by atoms with Gasteiger partial charge in [-0.2, -0.15) is 5.26 Å². The number of nitrogens with two attached hydrogens (primary N) is 1. The number of nitrogens with one attached hydrogen (secondary N) is 1. The zero-order valence-corrected chi connectivity index (χ0v) is 17.1. The second kappa shape index (κ2) is 7.38. The van der Waals surface area contributed by atoms with Crippen molar-refractivity contribution in [2.24, 2.45) is 0 Å². The molecule has 8 heteroatoms. The number of thiazole rings is 1. The Morgan fingerprint density at radius 3 is 2.77 bits per heavy atom. The van der Waals surface area contributed by atoms with Crippen LogP contribution in [0.2, 0.25) is 0 Å². The van der Waals surface area contributed by atoms with Gasteiger partial charge in [0.15, 0.2) is 5.13 Å². The average Bonchev–Trinajstić information content (AvgIpc) is 3.49. The Morgan fingerprint density at radius 1 is 1.13 bits per heavy atom. The first-order valence-corrected chi connectivity index (χ1v) is 10.5. The van der Waals surface area contributed by atoms with E-state index < -0.39 is 5.41 Å². The molecular weight excluding hydrogens is 410 g/mol. The number of rotatable bonds is 5. The van der Waals surface area contributed by atoms with Gasteiger partial charge in [0.1, 0.15) is 16.1 Å². The molecule has 152 valence electrons. The normalized spacial score (nSPS) is 14.0. The van der Waals surface area contributed by atoms with Gasteiger partial charge in [0.25, 0.3) is 5.91 Å². The molecule has 0 radical (unpaired) electrons. The van der Waals surface area contributed by atoms with E-state index in [1.54, 1.807) is 48.5 Å². The van der Waals surface area contributed by atoms with E-state index in [2.05, 4.69) is 21.4 Å². The van der Waals surface area contributed by atoms with Crippen molar-refractivity contribution < 1.29 is 9.53 Å². The third kappa shape index (κ3) is 3.79. The number of benzene rings is 2. The Kier molecular flexibility index (Phi) is 4.53. The number of fused-ring (bicyclic) bond motifs is 1. The van der Waals surface area contributed by atoms with Crippen molar-refractivity contribution in [2.45, 2.75) is 18.3 Å². The van der Waals surface area contributed by atoms with Crippen molar-refractivity contribution in [3.05, 3.63) is 71.8 Å². The van der Waals surface area contributed by atoms with Crippen molar-refractivity contribution in [2.75, 3.05) is 11.1 Å². The second-order valence-corrected chi connectivity index (χ2v) is 8.39. The molecule has 2 aromatic carbocycles. The van der Waals surface area contributed by atoms with Gasteiger partial charge in [-0.25, -0.2) is 9.97 Å². The largest absolute Gasteiger partial charge is 0.439 e. The van der Waals surface area contributed by atoms with Crippen LogP contribution in [0.4, 0.5) is 10.8 Å². The standard InChI is InChI=1S/C23H17N5O2S/c24-13-23(9-10-23)15-4-1-3-14(11-15)20(29)26-16-5-2-6-17(12-16)30-19-8-7-18-21(28-19)31-22(25)27-18/h1-8,11-12H,9-10H2,(H2,25,27)(H,26,29). The van der Waals surface area contributed by atoms with Crippen LogP contribution in [0.1, 0.15) is 28.8 Å². The van der Waals surface area contributed by atoms with E-state index in [4.69, 9.17) is 10.5 Å². The van der Waals surface area contributed by atoms with E-state index >= 15 is 0 Å². The number of anilines is 2. The number of amides is 1. The Hall–Kier alpha value is -3.96. The summed E-state index contributed by atoms with van der Waals surface area (Å²) in [6.07, 6.45) is 1.67. The predicted molar refractivity (Wildman–Crippen MR) is 119 cm³/mol. The monoisotopic (exact) mass is 427 g/mol. The Morgan fingerprint density at radius 2 is 1.97 bits per heavy atom. The molecule has 0 aliphatic heterocycles. The number of pyridine rings is 1. The summed E-state index contributed by atoms with van der Waals surface area (Å²) in [6, 6.07) is 20.2. The van der Waals surface area contributed by atoms with Gasteiger partial charge >= 0.3 is 0 Å². The van der Waals surface area contributed by atoms with Gasteiger partial charge in [-0.15, -0.1) is 0 Å². The van der Waals surface area contributed by atoms with Crippen molar-refractivity contribution >= 4 is 38.4 Å². The third-order valence-corrected chi connectivity index (χ3v) is 6.00. The number of carbonyl (C=O) groups is 1. The third-order valence-electron chi connectivity index (χ3n) is 5.20. The molecule has 1 fully saturated rings. The molecule has 0 atom stereocenters. The van der Waals surface area contributed by atoms with Crippen molar-refractivity contribution in [1.29, 1.82) is 5.26 Å². The first-order valence-electron chi connectivity index (χ1n) is 9.69. The van der Waals surface area contributed by atoms with Gasteiger partial charge in [-0.3, -0.25) is 4.79 Å². The van der Waals surface area contributed by atoms with Crippen LogP contribution in [-0.4, -0.2) is 15.9 Å². The number of hydrogen-bond donors (Lipinski definition) is 2. The van der Waals surface area contributed by atoms with Crippen LogP contribution in [0, 0.1) is 11.3 Å². The number of nitrogen functional groups attached to an aromatic ring is 1. The van der Waals surface area contributed by atoms with Crippen LogP contribution >= 0.6 is 11.3 Å². The van der Waals surface area contributed by atoms with Crippen LogP contribution in [0.3, 0.4) is 0 Å². The molecule has 1 amide bonds. The average molecular weight is 427 g/mol. The number of nitriles is 1. The molecule has 0 saturated heterocycles. The van der Waals surface area contributed by atoms with Gasteiger partial charge in [0, 0.05) is 23.4 Å². The molecular formula is C23H17N5O2S. The molecule has 0 unspecified atom stereocenters.